The largest absolute Gasteiger partial charge is 0.375 e. The van der Waals surface area contributed by atoms with Crippen LogP contribution in [-0.4, -0.2) is 11.5 Å². The smallest absolute Gasteiger partial charge is 0.180 e. The number of nitrogens with two attached hydrogens (primary N) is 1. The molecular weight excluding hydrogens is 250 g/mol. The monoisotopic (exact) mass is 267 g/mol. The van der Waals surface area contributed by atoms with Crippen molar-refractivity contribution in [2.75, 3.05) is 12.3 Å². The first-order valence-corrected chi connectivity index (χ1v) is 7.45. The molecule has 0 bridgehead atoms. The first-order chi connectivity index (χ1) is 8.28. The molecule has 17 heavy (non-hydrogen) atoms. The van der Waals surface area contributed by atoms with Crippen molar-refractivity contribution in [2.45, 2.75) is 26.3 Å². The molecule has 0 saturated heterocycles. The van der Waals surface area contributed by atoms with Gasteiger partial charge in [0.2, 0.25) is 0 Å². The van der Waals surface area contributed by atoms with Crippen LogP contribution in [0.25, 0.3) is 0 Å². The van der Waals surface area contributed by atoms with Gasteiger partial charge < -0.3 is 11.1 Å². The summed E-state index contributed by atoms with van der Waals surface area (Å²) in [4.78, 5) is 7.09. The molecule has 2 aromatic heterocycles. The maximum atomic E-state index is 5.58. The topological polar surface area (TPSA) is 50.9 Å². The lowest BCUT2D eigenvalue weighted by Gasteiger charge is -2.00. The van der Waals surface area contributed by atoms with Gasteiger partial charge in [-0.25, -0.2) is 4.98 Å². The van der Waals surface area contributed by atoms with Gasteiger partial charge in [-0.2, -0.15) is 0 Å². The van der Waals surface area contributed by atoms with Crippen LogP contribution in [0.4, 0.5) is 5.13 Å². The van der Waals surface area contributed by atoms with E-state index in [1.807, 2.05) is 16.7 Å². The molecular formula is C12H17N3S2. The van der Waals surface area contributed by atoms with E-state index in [9.17, 15) is 0 Å². The zero-order valence-corrected chi connectivity index (χ0v) is 11.5. The fourth-order valence-electron chi connectivity index (χ4n) is 1.57. The molecule has 0 aromatic carbocycles. The zero-order valence-electron chi connectivity index (χ0n) is 9.90. The Balaban J connectivity index is 1.69. The Labute approximate surface area is 110 Å². The molecule has 2 aromatic rings. The number of hydrogen-bond acceptors (Lipinski definition) is 5. The van der Waals surface area contributed by atoms with Crippen molar-refractivity contribution in [1.82, 2.24) is 10.3 Å². The van der Waals surface area contributed by atoms with Gasteiger partial charge in [-0.15, -0.1) is 22.7 Å². The molecule has 92 valence electrons. The third-order valence-corrected chi connectivity index (χ3v) is 4.44. The summed E-state index contributed by atoms with van der Waals surface area (Å²) in [6.07, 6.45) is 2.07. The molecule has 0 amide bonds. The highest BCUT2D eigenvalue weighted by Gasteiger charge is 2.00. The number of aromatic nitrogens is 1. The average Bonchev–Trinajstić information content (AvgIpc) is 2.93. The van der Waals surface area contributed by atoms with Crippen LogP contribution < -0.4 is 11.1 Å². The minimum Gasteiger partial charge on any atom is -0.375 e. The molecule has 0 aliphatic rings. The summed E-state index contributed by atoms with van der Waals surface area (Å²) in [6, 6.07) is 4.42. The fraction of sp³-hybridized carbons (Fsp3) is 0.417. The number of hydrogen-bond donors (Lipinski definition) is 2. The van der Waals surface area contributed by atoms with Crippen LogP contribution in [-0.2, 0) is 19.4 Å². The third kappa shape index (κ3) is 3.80. The van der Waals surface area contributed by atoms with Gasteiger partial charge in [-0.05, 0) is 18.6 Å². The van der Waals surface area contributed by atoms with Crippen molar-refractivity contribution in [2.24, 2.45) is 0 Å². The van der Waals surface area contributed by atoms with Gasteiger partial charge in [-0.3, -0.25) is 0 Å². The SMILES string of the molecule is CCc1ccc(CNCCc2csc(N)n2)s1. The highest BCUT2D eigenvalue weighted by atomic mass is 32.1. The second-order valence-electron chi connectivity index (χ2n) is 3.83. The van der Waals surface area contributed by atoms with Gasteiger partial charge >= 0.3 is 0 Å². The average molecular weight is 267 g/mol. The molecule has 0 spiro atoms. The third-order valence-electron chi connectivity index (χ3n) is 2.49. The number of thiophene rings is 1. The van der Waals surface area contributed by atoms with Gasteiger partial charge in [0.25, 0.3) is 0 Å². The molecule has 5 heteroatoms. The quantitative estimate of drug-likeness (QED) is 0.791. The van der Waals surface area contributed by atoms with E-state index in [1.54, 1.807) is 0 Å². The summed E-state index contributed by atoms with van der Waals surface area (Å²) in [6.45, 7) is 4.09. The van der Waals surface area contributed by atoms with E-state index in [-0.39, 0.29) is 0 Å². The number of rotatable bonds is 6. The van der Waals surface area contributed by atoms with Gasteiger partial charge in [0, 0.05) is 34.6 Å². The summed E-state index contributed by atoms with van der Waals surface area (Å²) in [5.74, 6) is 0. The van der Waals surface area contributed by atoms with E-state index in [0.717, 1.165) is 31.6 Å². The first-order valence-electron chi connectivity index (χ1n) is 5.76. The molecule has 0 radical (unpaired) electrons. The van der Waals surface area contributed by atoms with E-state index < -0.39 is 0 Å². The number of aryl methyl sites for hydroxylation is 1. The molecule has 2 rings (SSSR count). The first kappa shape index (κ1) is 12.5. The van der Waals surface area contributed by atoms with Gasteiger partial charge in [0.05, 0.1) is 5.69 Å². The van der Waals surface area contributed by atoms with E-state index in [0.29, 0.717) is 5.13 Å². The Morgan fingerprint density at radius 3 is 2.82 bits per heavy atom. The van der Waals surface area contributed by atoms with Gasteiger partial charge in [-0.1, -0.05) is 6.92 Å². The predicted octanol–water partition coefficient (Wildman–Crippen LogP) is 2.68. The van der Waals surface area contributed by atoms with Gasteiger partial charge in [0.1, 0.15) is 0 Å². The number of thiazole rings is 1. The van der Waals surface area contributed by atoms with Gasteiger partial charge in [0.15, 0.2) is 5.13 Å². The summed E-state index contributed by atoms with van der Waals surface area (Å²) >= 11 is 3.39. The summed E-state index contributed by atoms with van der Waals surface area (Å²) in [7, 11) is 0. The van der Waals surface area contributed by atoms with Crippen molar-refractivity contribution < 1.29 is 0 Å². The number of nitrogens with zero attached hydrogens (tertiary/aromatic N) is 1. The Morgan fingerprint density at radius 1 is 1.35 bits per heavy atom. The van der Waals surface area contributed by atoms with Crippen molar-refractivity contribution in [3.8, 4) is 0 Å². The second-order valence-corrected chi connectivity index (χ2v) is 5.97. The van der Waals surface area contributed by atoms with Crippen molar-refractivity contribution >= 4 is 27.8 Å². The molecule has 0 saturated carbocycles. The highest BCUT2D eigenvalue weighted by Crippen LogP contribution is 2.16. The lowest BCUT2D eigenvalue weighted by molar-refractivity contribution is 0.688. The zero-order chi connectivity index (χ0) is 12.1. The standard InChI is InChI=1S/C12H17N3S2/c1-2-10-3-4-11(17-10)7-14-6-5-9-8-16-12(13)15-9/h3-4,8,14H,2,5-7H2,1H3,(H2,13,15). The lowest BCUT2D eigenvalue weighted by atomic mass is 10.3. The van der Waals surface area contributed by atoms with E-state index >= 15 is 0 Å². The Bertz CT molecular complexity index is 462. The summed E-state index contributed by atoms with van der Waals surface area (Å²) in [5.41, 5.74) is 6.66. The molecule has 0 fully saturated rings. The minimum absolute atomic E-state index is 0.658. The van der Waals surface area contributed by atoms with Crippen LogP contribution in [0.1, 0.15) is 22.4 Å². The van der Waals surface area contributed by atoms with Crippen LogP contribution in [0.2, 0.25) is 0 Å². The van der Waals surface area contributed by atoms with Crippen LogP contribution in [0, 0.1) is 0 Å². The lowest BCUT2D eigenvalue weighted by Crippen LogP contribution is -2.16. The number of anilines is 1. The van der Waals surface area contributed by atoms with Crippen LogP contribution in [0.5, 0.6) is 0 Å². The summed E-state index contributed by atoms with van der Waals surface area (Å²) < 4.78 is 0. The molecule has 3 N–H and O–H groups in total. The van der Waals surface area contributed by atoms with Crippen LogP contribution >= 0.6 is 22.7 Å². The second kappa shape index (κ2) is 6.14. The fourth-order valence-corrected chi connectivity index (χ4v) is 3.10. The number of nitrogens with one attached hydrogen (secondary N) is 1. The maximum Gasteiger partial charge on any atom is 0.180 e. The number of nitrogen functional groups attached to an aromatic ring is 1. The Morgan fingerprint density at radius 2 is 2.18 bits per heavy atom. The molecule has 3 nitrogen and oxygen atoms in total. The van der Waals surface area contributed by atoms with Crippen LogP contribution in [0.3, 0.4) is 0 Å². The van der Waals surface area contributed by atoms with E-state index in [4.69, 9.17) is 5.73 Å². The van der Waals surface area contributed by atoms with Crippen molar-refractivity contribution in [1.29, 1.82) is 0 Å². The molecule has 0 unspecified atom stereocenters. The van der Waals surface area contributed by atoms with Crippen molar-refractivity contribution in [3.63, 3.8) is 0 Å². The maximum absolute atomic E-state index is 5.58. The Hall–Kier alpha value is -0.910. The molecule has 2 heterocycles. The highest BCUT2D eigenvalue weighted by molar-refractivity contribution is 7.13. The predicted molar refractivity (Wildman–Crippen MR) is 75.6 cm³/mol. The minimum atomic E-state index is 0.658. The van der Waals surface area contributed by atoms with E-state index in [2.05, 4.69) is 29.4 Å². The molecule has 0 aliphatic heterocycles. The molecule has 0 aliphatic carbocycles. The normalized spacial score (nSPS) is 10.9. The summed E-state index contributed by atoms with van der Waals surface area (Å²) in [5, 5.41) is 6.11. The van der Waals surface area contributed by atoms with Crippen molar-refractivity contribution in [3.05, 3.63) is 33.0 Å². The molecule has 0 atom stereocenters. The van der Waals surface area contributed by atoms with Crippen LogP contribution in [0.15, 0.2) is 17.5 Å². The Kier molecular flexibility index (Phi) is 4.53. The van der Waals surface area contributed by atoms with E-state index in [1.165, 1.54) is 21.1 Å².